The second kappa shape index (κ2) is 5.76. The molecule has 4 nitrogen and oxygen atoms in total. The van der Waals surface area contributed by atoms with Gasteiger partial charge >= 0.3 is 36.4 Å². The van der Waals surface area contributed by atoms with Crippen LogP contribution in [-0.4, -0.2) is 36.4 Å². The predicted molar refractivity (Wildman–Crippen MR) is 91.5 cm³/mol. The molecule has 22 heavy (non-hydrogen) atoms. The van der Waals surface area contributed by atoms with Gasteiger partial charge in [0.1, 0.15) is 0 Å². The van der Waals surface area contributed by atoms with E-state index in [0.717, 1.165) is 23.7 Å². The van der Waals surface area contributed by atoms with Gasteiger partial charge in [-0.15, -0.1) is 0 Å². The standard InChI is InChI=1S/C14H25O4Si4/c1-19-15-20(2)17-22(4,18-21(3)16-19)14-9-10-8-13(14)12-7-5-6-11(10)12/h5-6,10-14H,7-9H2,1-4H3. The Kier molecular flexibility index (Phi) is 4.18. The average Bonchev–Trinajstić information content (AvgIpc) is 3.09. The number of hydrogen-bond donors (Lipinski definition) is 0. The van der Waals surface area contributed by atoms with Crippen LogP contribution in [0.3, 0.4) is 0 Å². The van der Waals surface area contributed by atoms with Gasteiger partial charge in [0.25, 0.3) is 0 Å². The molecule has 0 aromatic rings. The van der Waals surface area contributed by atoms with E-state index in [1.807, 2.05) is 0 Å². The van der Waals surface area contributed by atoms with Gasteiger partial charge in [0.2, 0.25) is 0 Å². The van der Waals surface area contributed by atoms with Crippen molar-refractivity contribution in [1.82, 2.24) is 0 Å². The van der Waals surface area contributed by atoms with E-state index in [4.69, 9.17) is 16.5 Å². The van der Waals surface area contributed by atoms with Crippen LogP contribution in [0.2, 0.25) is 31.7 Å². The van der Waals surface area contributed by atoms with Crippen LogP contribution in [0.25, 0.3) is 0 Å². The maximum absolute atomic E-state index is 6.55. The van der Waals surface area contributed by atoms with E-state index in [9.17, 15) is 0 Å². The van der Waals surface area contributed by atoms with Gasteiger partial charge in [-0.05, 0) is 69.1 Å². The molecule has 0 spiro atoms. The third kappa shape index (κ3) is 2.61. The van der Waals surface area contributed by atoms with Crippen molar-refractivity contribution in [2.75, 3.05) is 0 Å². The van der Waals surface area contributed by atoms with E-state index in [0.29, 0.717) is 5.54 Å². The molecule has 0 N–H and O–H groups in total. The number of hydrogen-bond acceptors (Lipinski definition) is 4. The van der Waals surface area contributed by atoms with Crippen LogP contribution in [-0.2, 0) is 16.5 Å². The Labute approximate surface area is 140 Å². The molecule has 8 heteroatoms. The molecular formula is C14H25O4Si4. The maximum atomic E-state index is 6.55. The lowest BCUT2D eigenvalue weighted by atomic mass is 9.81. The van der Waals surface area contributed by atoms with Crippen LogP contribution >= 0.6 is 0 Å². The summed E-state index contributed by atoms with van der Waals surface area (Å²) in [5.74, 6) is 3.38. The molecule has 4 rings (SSSR count). The topological polar surface area (TPSA) is 36.9 Å². The molecule has 121 valence electrons. The first kappa shape index (κ1) is 15.9. The summed E-state index contributed by atoms with van der Waals surface area (Å²) in [5, 5.41) is 0. The second-order valence-corrected chi connectivity index (χ2v) is 16.3. The average molecular weight is 370 g/mol. The molecule has 4 aliphatic rings. The third-order valence-electron chi connectivity index (χ3n) is 5.94. The van der Waals surface area contributed by atoms with E-state index in [1.54, 1.807) is 0 Å². The Hall–Kier alpha value is 0.448. The number of fused-ring (bicyclic) bond motifs is 5. The highest BCUT2D eigenvalue weighted by atomic mass is 28.5. The largest absolute Gasteiger partial charge is 0.415 e. The first-order chi connectivity index (χ1) is 10.5. The van der Waals surface area contributed by atoms with Crippen molar-refractivity contribution in [3.05, 3.63) is 12.2 Å². The summed E-state index contributed by atoms with van der Waals surface area (Å²) in [5.41, 5.74) is 0.636. The van der Waals surface area contributed by atoms with Crippen molar-refractivity contribution in [2.24, 2.45) is 23.7 Å². The zero-order valence-corrected chi connectivity index (χ0v) is 17.8. The highest BCUT2D eigenvalue weighted by molar-refractivity contribution is 6.82. The lowest BCUT2D eigenvalue weighted by molar-refractivity contribution is 0.219. The van der Waals surface area contributed by atoms with Crippen LogP contribution < -0.4 is 0 Å². The number of rotatable bonds is 1. The first-order valence-corrected chi connectivity index (χ1v) is 16.2. The molecule has 3 aliphatic carbocycles. The van der Waals surface area contributed by atoms with Gasteiger partial charge in [-0.2, -0.15) is 0 Å². The van der Waals surface area contributed by atoms with Gasteiger partial charge in [-0.25, -0.2) is 0 Å². The minimum absolute atomic E-state index is 0.636. The first-order valence-electron chi connectivity index (χ1n) is 8.37. The molecule has 0 aromatic carbocycles. The smallest absolute Gasteiger partial charge is 0.362 e. The zero-order valence-electron chi connectivity index (χ0n) is 13.8. The van der Waals surface area contributed by atoms with Crippen molar-refractivity contribution >= 4 is 36.4 Å². The fourth-order valence-corrected chi connectivity index (χ4v) is 18.4. The van der Waals surface area contributed by atoms with Gasteiger partial charge in [0.15, 0.2) is 0 Å². The monoisotopic (exact) mass is 369 g/mol. The van der Waals surface area contributed by atoms with Gasteiger partial charge < -0.3 is 16.5 Å². The molecule has 0 amide bonds. The molecule has 1 heterocycles. The van der Waals surface area contributed by atoms with Crippen LogP contribution in [0.5, 0.6) is 0 Å². The van der Waals surface area contributed by atoms with E-state index < -0.39 is 36.4 Å². The summed E-state index contributed by atoms with van der Waals surface area (Å²) in [6.45, 7) is 8.56. The highest BCUT2D eigenvalue weighted by Crippen LogP contribution is 2.63. The van der Waals surface area contributed by atoms with Crippen molar-refractivity contribution < 1.29 is 16.5 Å². The van der Waals surface area contributed by atoms with Crippen LogP contribution in [0, 0.1) is 23.7 Å². The van der Waals surface area contributed by atoms with Gasteiger partial charge in [0, 0.05) is 5.54 Å². The molecule has 2 saturated carbocycles. The summed E-state index contributed by atoms with van der Waals surface area (Å²) >= 11 is 0. The van der Waals surface area contributed by atoms with E-state index in [-0.39, 0.29) is 0 Å². The molecule has 5 unspecified atom stereocenters. The highest BCUT2D eigenvalue weighted by Gasteiger charge is 2.60. The van der Waals surface area contributed by atoms with Crippen LogP contribution in [0.1, 0.15) is 19.3 Å². The minimum Gasteiger partial charge on any atom is -0.415 e. The Morgan fingerprint density at radius 1 is 0.955 bits per heavy atom. The minimum atomic E-state index is -2.23. The van der Waals surface area contributed by atoms with Crippen LogP contribution in [0.4, 0.5) is 0 Å². The quantitative estimate of drug-likeness (QED) is 0.526. The zero-order chi connectivity index (χ0) is 15.5. The molecule has 2 bridgehead atoms. The van der Waals surface area contributed by atoms with Gasteiger partial charge in [-0.1, -0.05) is 12.2 Å². The van der Waals surface area contributed by atoms with E-state index >= 15 is 0 Å². The molecule has 5 atom stereocenters. The summed E-state index contributed by atoms with van der Waals surface area (Å²) in [7, 11) is -5.91. The van der Waals surface area contributed by atoms with E-state index in [2.05, 4.69) is 38.3 Å². The molecule has 1 aliphatic heterocycles. The molecule has 3 radical (unpaired) electrons. The fraction of sp³-hybridized carbons (Fsp3) is 0.857. The normalized spacial score (nSPS) is 45.9. The Balaban J connectivity index is 1.55. The van der Waals surface area contributed by atoms with Crippen molar-refractivity contribution in [3.63, 3.8) is 0 Å². The number of allylic oxidation sites excluding steroid dienone is 2. The molecule has 1 saturated heterocycles. The van der Waals surface area contributed by atoms with Crippen molar-refractivity contribution in [1.29, 1.82) is 0 Å². The summed E-state index contributed by atoms with van der Waals surface area (Å²) in [6, 6.07) is 0. The van der Waals surface area contributed by atoms with Gasteiger partial charge in [0.05, 0.1) is 0 Å². The summed E-state index contributed by atoms with van der Waals surface area (Å²) in [4.78, 5) is 0. The Bertz CT molecular complexity index is 462. The molecular weight excluding hydrogens is 344 g/mol. The summed E-state index contributed by atoms with van der Waals surface area (Å²) in [6.07, 6.45) is 8.85. The lowest BCUT2D eigenvalue weighted by Gasteiger charge is -2.44. The van der Waals surface area contributed by atoms with Crippen molar-refractivity contribution in [3.8, 4) is 0 Å². The fourth-order valence-electron chi connectivity index (χ4n) is 5.37. The maximum Gasteiger partial charge on any atom is 0.362 e. The second-order valence-electron chi connectivity index (χ2n) is 7.31. The Morgan fingerprint density at radius 2 is 1.64 bits per heavy atom. The molecule has 0 aromatic heterocycles. The lowest BCUT2D eigenvalue weighted by Crippen LogP contribution is -2.57. The molecule has 3 fully saturated rings. The SMILES string of the molecule is C[Si]1O[Si](C)O[Si](C)(C2CC3CC2C2CC=CC32)O[Si](C)O1. The van der Waals surface area contributed by atoms with Gasteiger partial charge in [-0.3, -0.25) is 0 Å². The van der Waals surface area contributed by atoms with Crippen LogP contribution in [0.15, 0.2) is 12.2 Å². The third-order valence-corrected chi connectivity index (χ3v) is 18.1. The summed E-state index contributed by atoms with van der Waals surface area (Å²) < 4.78 is 25.1. The predicted octanol–water partition coefficient (Wildman–Crippen LogP) is 3.09. The Morgan fingerprint density at radius 3 is 2.32 bits per heavy atom. The van der Waals surface area contributed by atoms with E-state index in [1.165, 1.54) is 19.3 Å². The van der Waals surface area contributed by atoms with Crippen molar-refractivity contribution in [2.45, 2.75) is 51.0 Å².